The van der Waals surface area contributed by atoms with Gasteiger partial charge in [0, 0.05) is 29.3 Å². The second kappa shape index (κ2) is 8.29. The largest absolute Gasteiger partial charge is 0.486 e. The van der Waals surface area contributed by atoms with Gasteiger partial charge in [0.05, 0.1) is 0 Å². The van der Waals surface area contributed by atoms with Crippen LogP contribution in [-0.2, 0) is 6.54 Å². The maximum atomic E-state index is 6.25. The van der Waals surface area contributed by atoms with Gasteiger partial charge in [0.1, 0.15) is 11.9 Å². The molecule has 24 heavy (non-hydrogen) atoms. The number of allylic oxidation sites excluding steroid dienone is 1. The zero-order valence-electron chi connectivity index (χ0n) is 13.9. The van der Waals surface area contributed by atoms with Crippen LogP contribution >= 0.6 is 15.9 Å². The van der Waals surface area contributed by atoms with Gasteiger partial charge in [-0.2, -0.15) is 5.10 Å². The quantitative estimate of drug-likeness (QED) is 0.670. The van der Waals surface area contributed by atoms with E-state index in [1.54, 1.807) is 6.20 Å². The lowest BCUT2D eigenvalue weighted by Crippen LogP contribution is -2.24. The van der Waals surface area contributed by atoms with E-state index in [1.165, 1.54) is 6.42 Å². The molecule has 1 atom stereocenters. The third-order valence-electron chi connectivity index (χ3n) is 4.14. The number of anilines is 1. The van der Waals surface area contributed by atoms with Crippen LogP contribution in [0.15, 0.2) is 53.2 Å². The highest BCUT2D eigenvalue weighted by Gasteiger charge is 2.15. The topological polar surface area (TPSA) is 38.2 Å². The molecule has 2 aromatic rings. The van der Waals surface area contributed by atoms with E-state index in [2.05, 4.69) is 56.2 Å². The SMILES string of the molecule is CCN(Cc1cc(Br)ccc1OC1C=CCCC1)c1cccnn1. The summed E-state index contributed by atoms with van der Waals surface area (Å²) in [7, 11) is 0. The Morgan fingerprint density at radius 1 is 1.33 bits per heavy atom. The molecule has 1 aliphatic rings. The van der Waals surface area contributed by atoms with Gasteiger partial charge in [0.25, 0.3) is 0 Å². The lowest BCUT2D eigenvalue weighted by molar-refractivity contribution is 0.227. The van der Waals surface area contributed by atoms with Crippen molar-refractivity contribution in [2.75, 3.05) is 11.4 Å². The first-order valence-electron chi connectivity index (χ1n) is 8.40. The van der Waals surface area contributed by atoms with Crippen molar-refractivity contribution < 1.29 is 4.74 Å². The Labute approximate surface area is 151 Å². The van der Waals surface area contributed by atoms with Gasteiger partial charge in [0.15, 0.2) is 5.82 Å². The lowest BCUT2D eigenvalue weighted by Gasteiger charge is -2.25. The molecule has 0 amide bonds. The first kappa shape index (κ1) is 17.0. The smallest absolute Gasteiger partial charge is 0.151 e. The second-order valence-corrected chi connectivity index (χ2v) is 6.78. The summed E-state index contributed by atoms with van der Waals surface area (Å²) < 4.78 is 7.31. The molecular formula is C19H22BrN3O. The molecule has 1 aromatic carbocycles. The lowest BCUT2D eigenvalue weighted by atomic mass is 10.1. The van der Waals surface area contributed by atoms with Crippen LogP contribution in [0.5, 0.6) is 5.75 Å². The monoisotopic (exact) mass is 387 g/mol. The van der Waals surface area contributed by atoms with Crippen molar-refractivity contribution in [2.24, 2.45) is 0 Å². The van der Waals surface area contributed by atoms with Gasteiger partial charge < -0.3 is 9.64 Å². The van der Waals surface area contributed by atoms with Crippen LogP contribution in [0.2, 0.25) is 0 Å². The molecule has 0 saturated heterocycles. The van der Waals surface area contributed by atoms with E-state index in [1.807, 2.05) is 24.3 Å². The van der Waals surface area contributed by atoms with Crippen LogP contribution in [0.25, 0.3) is 0 Å². The van der Waals surface area contributed by atoms with E-state index < -0.39 is 0 Å². The molecule has 0 saturated carbocycles. The fraction of sp³-hybridized carbons (Fsp3) is 0.368. The van der Waals surface area contributed by atoms with Crippen LogP contribution in [0, 0.1) is 0 Å². The summed E-state index contributed by atoms with van der Waals surface area (Å²) in [5.74, 6) is 1.82. The van der Waals surface area contributed by atoms with E-state index in [4.69, 9.17) is 4.74 Å². The summed E-state index contributed by atoms with van der Waals surface area (Å²) in [5, 5.41) is 8.21. The summed E-state index contributed by atoms with van der Waals surface area (Å²) >= 11 is 3.57. The zero-order chi connectivity index (χ0) is 16.8. The average Bonchev–Trinajstić information content (AvgIpc) is 2.63. The molecule has 3 rings (SSSR count). The number of halogens is 1. The van der Waals surface area contributed by atoms with Crippen LogP contribution in [0.4, 0.5) is 5.82 Å². The summed E-state index contributed by atoms with van der Waals surface area (Å²) in [6, 6.07) is 10.1. The summed E-state index contributed by atoms with van der Waals surface area (Å²) in [5.41, 5.74) is 1.15. The minimum atomic E-state index is 0.172. The third-order valence-corrected chi connectivity index (χ3v) is 4.63. The molecule has 0 radical (unpaired) electrons. The number of nitrogens with zero attached hydrogens (tertiary/aromatic N) is 3. The standard InChI is InChI=1S/C19H22BrN3O/c1-2-23(19-9-6-12-21-22-19)14-15-13-16(20)10-11-18(15)24-17-7-4-3-5-8-17/h4,6-7,9-13,17H,2-3,5,8,14H2,1H3. The molecule has 1 unspecified atom stereocenters. The predicted molar refractivity (Wildman–Crippen MR) is 100 cm³/mol. The Morgan fingerprint density at radius 3 is 2.96 bits per heavy atom. The number of rotatable bonds is 6. The number of ether oxygens (including phenoxy) is 1. The third kappa shape index (κ3) is 4.35. The van der Waals surface area contributed by atoms with Crippen LogP contribution in [-0.4, -0.2) is 22.8 Å². The minimum absolute atomic E-state index is 0.172. The molecule has 0 bridgehead atoms. The normalized spacial score (nSPS) is 16.8. The van der Waals surface area contributed by atoms with Crippen molar-refractivity contribution in [3.05, 3.63) is 58.7 Å². The van der Waals surface area contributed by atoms with Gasteiger partial charge in [-0.15, -0.1) is 5.10 Å². The van der Waals surface area contributed by atoms with Crippen molar-refractivity contribution >= 4 is 21.7 Å². The molecule has 5 heteroatoms. The Hall–Kier alpha value is -1.88. The number of hydrogen-bond donors (Lipinski definition) is 0. The van der Waals surface area contributed by atoms with Crippen molar-refractivity contribution in [3.8, 4) is 5.75 Å². The highest BCUT2D eigenvalue weighted by Crippen LogP contribution is 2.28. The van der Waals surface area contributed by atoms with Crippen LogP contribution in [0.1, 0.15) is 31.7 Å². The summed E-state index contributed by atoms with van der Waals surface area (Å²) in [6.45, 7) is 3.71. The maximum Gasteiger partial charge on any atom is 0.151 e. The maximum absolute atomic E-state index is 6.25. The molecule has 1 aliphatic carbocycles. The van der Waals surface area contributed by atoms with Crippen molar-refractivity contribution in [2.45, 2.75) is 38.8 Å². The Balaban J connectivity index is 1.81. The molecule has 4 nitrogen and oxygen atoms in total. The van der Waals surface area contributed by atoms with Gasteiger partial charge in [-0.25, -0.2) is 0 Å². The number of hydrogen-bond acceptors (Lipinski definition) is 4. The van der Waals surface area contributed by atoms with E-state index in [0.29, 0.717) is 0 Å². The Kier molecular flexibility index (Phi) is 5.86. The molecular weight excluding hydrogens is 366 g/mol. The average molecular weight is 388 g/mol. The second-order valence-electron chi connectivity index (χ2n) is 5.86. The summed E-state index contributed by atoms with van der Waals surface area (Å²) in [6.07, 6.45) is 9.68. The van der Waals surface area contributed by atoms with Crippen LogP contribution in [0.3, 0.4) is 0 Å². The van der Waals surface area contributed by atoms with Crippen molar-refractivity contribution in [1.29, 1.82) is 0 Å². The summed E-state index contributed by atoms with van der Waals surface area (Å²) in [4.78, 5) is 2.19. The Bertz CT molecular complexity index is 690. The fourth-order valence-electron chi connectivity index (χ4n) is 2.85. The number of aromatic nitrogens is 2. The molecule has 0 fully saturated rings. The van der Waals surface area contributed by atoms with Gasteiger partial charge in [-0.3, -0.25) is 0 Å². The fourth-order valence-corrected chi connectivity index (χ4v) is 3.26. The molecule has 1 heterocycles. The molecule has 0 N–H and O–H groups in total. The van der Waals surface area contributed by atoms with Gasteiger partial charge in [0.2, 0.25) is 0 Å². The van der Waals surface area contributed by atoms with E-state index in [0.717, 1.165) is 47.5 Å². The molecule has 1 aromatic heterocycles. The molecule has 0 aliphatic heterocycles. The first-order valence-corrected chi connectivity index (χ1v) is 9.20. The highest BCUT2D eigenvalue weighted by molar-refractivity contribution is 9.10. The molecule has 0 spiro atoms. The van der Waals surface area contributed by atoms with Gasteiger partial charge in [-0.1, -0.05) is 22.0 Å². The van der Waals surface area contributed by atoms with E-state index in [9.17, 15) is 0 Å². The first-order chi connectivity index (χ1) is 11.8. The van der Waals surface area contributed by atoms with Crippen LogP contribution < -0.4 is 9.64 Å². The zero-order valence-corrected chi connectivity index (χ0v) is 15.4. The van der Waals surface area contributed by atoms with Gasteiger partial charge >= 0.3 is 0 Å². The number of benzene rings is 1. The van der Waals surface area contributed by atoms with E-state index >= 15 is 0 Å². The highest BCUT2D eigenvalue weighted by atomic mass is 79.9. The van der Waals surface area contributed by atoms with E-state index in [-0.39, 0.29) is 6.10 Å². The predicted octanol–water partition coefficient (Wildman–Crippen LogP) is 4.75. The van der Waals surface area contributed by atoms with Crippen molar-refractivity contribution in [1.82, 2.24) is 10.2 Å². The Morgan fingerprint density at radius 2 is 2.25 bits per heavy atom. The van der Waals surface area contributed by atoms with Gasteiger partial charge in [-0.05, 0) is 62.6 Å². The van der Waals surface area contributed by atoms with Crippen molar-refractivity contribution in [3.63, 3.8) is 0 Å². The minimum Gasteiger partial charge on any atom is -0.486 e. The molecule has 126 valence electrons.